The van der Waals surface area contributed by atoms with Crippen molar-refractivity contribution in [2.45, 2.75) is 33.2 Å². The maximum atomic E-state index is 11.6. The maximum absolute atomic E-state index is 11.6. The van der Waals surface area contributed by atoms with E-state index in [2.05, 4.69) is 26.0 Å². The number of rotatable bonds is 4. The summed E-state index contributed by atoms with van der Waals surface area (Å²) in [6, 6.07) is 8.19. The molecule has 0 saturated heterocycles. The van der Waals surface area contributed by atoms with E-state index in [1.165, 1.54) is 11.1 Å². The van der Waals surface area contributed by atoms with Gasteiger partial charge in [0.05, 0.1) is 6.07 Å². The highest BCUT2D eigenvalue weighted by Gasteiger charge is 2.08. The topological polar surface area (TPSA) is 44.1 Å². The summed E-state index contributed by atoms with van der Waals surface area (Å²) in [5.41, 5.74) is 3.62. The molecule has 90 valence electrons. The average Bonchev–Trinajstić information content (AvgIpc) is 2.30. The molecular formula is C14H18N2O. The van der Waals surface area contributed by atoms with E-state index in [-0.39, 0.29) is 12.3 Å². The van der Waals surface area contributed by atoms with Crippen LogP contribution in [0.4, 0.5) is 0 Å². The van der Waals surface area contributed by atoms with Crippen LogP contribution in [0.3, 0.4) is 0 Å². The normalized spacial score (nSPS) is 9.76. The molecule has 0 aromatic heterocycles. The van der Waals surface area contributed by atoms with Crippen molar-refractivity contribution in [2.24, 2.45) is 0 Å². The van der Waals surface area contributed by atoms with Crippen LogP contribution >= 0.6 is 0 Å². The van der Waals surface area contributed by atoms with E-state index >= 15 is 0 Å². The lowest BCUT2D eigenvalue weighted by Crippen LogP contribution is -2.25. The fourth-order valence-corrected chi connectivity index (χ4v) is 1.62. The Labute approximate surface area is 103 Å². The van der Waals surface area contributed by atoms with Crippen molar-refractivity contribution >= 4 is 5.91 Å². The summed E-state index contributed by atoms with van der Waals surface area (Å²) in [4.78, 5) is 13.3. The quantitative estimate of drug-likeness (QED) is 0.798. The molecule has 0 radical (unpaired) electrons. The second-order valence-corrected chi connectivity index (χ2v) is 4.33. The Hall–Kier alpha value is -1.82. The lowest BCUT2D eigenvalue weighted by Gasteiger charge is -2.17. The van der Waals surface area contributed by atoms with Crippen LogP contribution in [0.15, 0.2) is 18.2 Å². The SMILES string of the molecule is Cc1ccc(CN(C)C(=O)CCC#N)cc1C. The van der Waals surface area contributed by atoms with Gasteiger partial charge < -0.3 is 4.90 Å². The van der Waals surface area contributed by atoms with Gasteiger partial charge in [-0.3, -0.25) is 4.79 Å². The van der Waals surface area contributed by atoms with Gasteiger partial charge in [-0.15, -0.1) is 0 Å². The van der Waals surface area contributed by atoms with Crippen molar-refractivity contribution in [3.63, 3.8) is 0 Å². The zero-order chi connectivity index (χ0) is 12.8. The highest BCUT2D eigenvalue weighted by molar-refractivity contribution is 5.76. The number of hydrogen-bond donors (Lipinski definition) is 0. The standard InChI is InChI=1S/C14H18N2O/c1-11-6-7-13(9-12(11)2)10-16(3)14(17)5-4-8-15/h6-7,9H,4-5,10H2,1-3H3. The molecule has 0 aliphatic rings. The van der Waals surface area contributed by atoms with Crippen molar-refractivity contribution in [3.05, 3.63) is 34.9 Å². The second kappa shape index (κ2) is 6.05. The lowest BCUT2D eigenvalue weighted by atomic mass is 10.1. The van der Waals surface area contributed by atoms with E-state index in [9.17, 15) is 4.79 Å². The number of aryl methyl sites for hydroxylation is 2. The van der Waals surface area contributed by atoms with Crippen LogP contribution in [0.5, 0.6) is 0 Å². The number of amides is 1. The van der Waals surface area contributed by atoms with Gasteiger partial charge in [-0.2, -0.15) is 5.26 Å². The third-order valence-electron chi connectivity index (χ3n) is 2.87. The molecule has 0 N–H and O–H groups in total. The number of nitriles is 1. The number of nitrogens with zero attached hydrogens (tertiary/aromatic N) is 2. The van der Waals surface area contributed by atoms with Crippen molar-refractivity contribution in [1.82, 2.24) is 4.90 Å². The van der Waals surface area contributed by atoms with Gasteiger partial charge in [-0.1, -0.05) is 18.2 Å². The Bertz CT molecular complexity index is 446. The summed E-state index contributed by atoms with van der Waals surface area (Å²) in [5, 5.41) is 8.43. The molecule has 0 aliphatic heterocycles. The molecule has 17 heavy (non-hydrogen) atoms. The maximum Gasteiger partial charge on any atom is 0.223 e. The summed E-state index contributed by atoms with van der Waals surface area (Å²) in [6.07, 6.45) is 0.591. The molecule has 3 heteroatoms. The Kier molecular flexibility index (Phi) is 4.71. The van der Waals surface area contributed by atoms with Crippen molar-refractivity contribution in [1.29, 1.82) is 5.26 Å². The van der Waals surface area contributed by atoms with Gasteiger partial charge in [0.1, 0.15) is 0 Å². The first-order chi connectivity index (χ1) is 8.04. The van der Waals surface area contributed by atoms with E-state index in [0.29, 0.717) is 13.0 Å². The molecule has 1 rings (SSSR count). The van der Waals surface area contributed by atoms with Gasteiger partial charge in [0.25, 0.3) is 0 Å². The summed E-state index contributed by atoms with van der Waals surface area (Å²) >= 11 is 0. The van der Waals surface area contributed by atoms with Crippen molar-refractivity contribution in [2.75, 3.05) is 7.05 Å². The number of carbonyl (C=O) groups excluding carboxylic acids is 1. The van der Waals surface area contributed by atoms with Gasteiger partial charge in [0.2, 0.25) is 5.91 Å². The smallest absolute Gasteiger partial charge is 0.223 e. The fourth-order valence-electron chi connectivity index (χ4n) is 1.62. The van der Waals surface area contributed by atoms with Crippen LogP contribution in [0.1, 0.15) is 29.5 Å². The first-order valence-corrected chi connectivity index (χ1v) is 5.71. The van der Waals surface area contributed by atoms with Gasteiger partial charge in [0, 0.05) is 26.4 Å². The average molecular weight is 230 g/mol. The molecule has 0 spiro atoms. The predicted octanol–water partition coefficient (Wildman–Crippen LogP) is 2.57. The third kappa shape index (κ3) is 3.92. The second-order valence-electron chi connectivity index (χ2n) is 4.33. The van der Waals surface area contributed by atoms with E-state index in [0.717, 1.165) is 5.56 Å². The van der Waals surface area contributed by atoms with Crippen molar-refractivity contribution < 1.29 is 4.79 Å². The Morgan fingerprint density at radius 3 is 2.65 bits per heavy atom. The highest BCUT2D eigenvalue weighted by atomic mass is 16.2. The van der Waals surface area contributed by atoms with Gasteiger partial charge in [0.15, 0.2) is 0 Å². The highest BCUT2D eigenvalue weighted by Crippen LogP contribution is 2.12. The number of benzene rings is 1. The van der Waals surface area contributed by atoms with E-state index < -0.39 is 0 Å². The van der Waals surface area contributed by atoms with Gasteiger partial charge in [-0.05, 0) is 30.5 Å². The summed E-state index contributed by atoms with van der Waals surface area (Å²) in [5.74, 6) is 0.0183. The summed E-state index contributed by atoms with van der Waals surface area (Å²) < 4.78 is 0. The predicted molar refractivity (Wildman–Crippen MR) is 67.2 cm³/mol. The van der Waals surface area contributed by atoms with Crippen molar-refractivity contribution in [3.8, 4) is 6.07 Å². The summed E-state index contributed by atoms with van der Waals surface area (Å²) in [7, 11) is 1.77. The van der Waals surface area contributed by atoms with Crippen LogP contribution in [0, 0.1) is 25.2 Å². The van der Waals surface area contributed by atoms with Crippen LogP contribution in [0.2, 0.25) is 0 Å². The first-order valence-electron chi connectivity index (χ1n) is 5.71. The Morgan fingerprint density at radius 2 is 2.06 bits per heavy atom. The molecule has 0 atom stereocenters. The van der Waals surface area contributed by atoms with E-state index in [1.807, 2.05) is 12.1 Å². The largest absolute Gasteiger partial charge is 0.341 e. The number of hydrogen-bond acceptors (Lipinski definition) is 2. The molecule has 1 amide bonds. The molecular weight excluding hydrogens is 212 g/mol. The molecule has 0 aliphatic carbocycles. The van der Waals surface area contributed by atoms with Crippen LogP contribution in [-0.4, -0.2) is 17.9 Å². The molecule has 1 aromatic carbocycles. The minimum absolute atomic E-state index is 0.0183. The number of carbonyl (C=O) groups is 1. The monoisotopic (exact) mass is 230 g/mol. The Balaban J connectivity index is 2.62. The van der Waals surface area contributed by atoms with Crippen LogP contribution in [0.25, 0.3) is 0 Å². The first kappa shape index (κ1) is 13.2. The minimum Gasteiger partial charge on any atom is -0.341 e. The Morgan fingerprint density at radius 1 is 1.35 bits per heavy atom. The van der Waals surface area contributed by atoms with Gasteiger partial charge in [-0.25, -0.2) is 0 Å². The molecule has 0 saturated carbocycles. The molecule has 0 bridgehead atoms. The zero-order valence-electron chi connectivity index (χ0n) is 10.7. The third-order valence-corrected chi connectivity index (χ3v) is 2.87. The van der Waals surface area contributed by atoms with Crippen LogP contribution < -0.4 is 0 Å². The summed E-state index contributed by atoms with van der Waals surface area (Å²) in [6.45, 7) is 4.74. The molecule has 0 fully saturated rings. The van der Waals surface area contributed by atoms with E-state index in [1.54, 1.807) is 11.9 Å². The molecule has 0 heterocycles. The molecule has 0 unspecified atom stereocenters. The minimum atomic E-state index is 0.0183. The molecule has 1 aromatic rings. The van der Waals surface area contributed by atoms with Gasteiger partial charge >= 0.3 is 0 Å². The van der Waals surface area contributed by atoms with Crippen LogP contribution in [-0.2, 0) is 11.3 Å². The lowest BCUT2D eigenvalue weighted by molar-refractivity contribution is -0.130. The zero-order valence-corrected chi connectivity index (χ0v) is 10.7. The van der Waals surface area contributed by atoms with E-state index in [4.69, 9.17) is 5.26 Å². The molecule has 3 nitrogen and oxygen atoms in total. The fraction of sp³-hybridized carbons (Fsp3) is 0.429.